The first-order chi connectivity index (χ1) is 6.20. The van der Waals surface area contributed by atoms with Crippen LogP contribution in [0.15, 0.2) is 25.3 Å². The molecule has 0 rings (SSSR count). The van der Waals surface area contributed by atoms with Crippen LogP contribution in [0.5, 0.6) is 0 Å². The van der Waals surface area contributed by atoms with Crippen molar-refractivity contribution in [3.05, 3.63) is 25.3 Å². The standard InChI is InChI=1S/C10H14O3/c1-3-5-7-9(11)13-10(12)8-6-4-2/h3-4H,1-2,5-8H2. The molecule has 0 aromatic heterocycles. The molecule has 0 saturated heterocycles. The second kappa shape index (κ2) is 7.28. The lowest BCUT2D eigenvalue weighted by Gasteiger charge is -1.99. The molecule has 3 heteroatoms. The fraction of sp³-hybridized carbons (Fsp3) is 0.400. The molecular weight excluding hydrogens is 168 g/mol. The molecule has 0 aliphatic heterocycles. The quantitative estimate of drug-likeness (QED) is 0.358. The summed E-state index contributed by atoms with van der Waals surface area (Å²) in [6, 6.07) is 0. The van der Waals surface area contributed by atoms with E-state index in [2.05, 4.69) is 17.9 Å². The molecule has 13 heavy (non-hydrogen) atoms. The van der Waals surface area contributed by atoms with Crippen LogP contribution >= 0.6 is 0 Å². The summed E-state index contributed by atoms with van der Waals surface area (Å²) < 4.78 is 4.48. The van der Waals surface area contributed by atoms with Gasteiger partial charge in [-0.15, -0.1) is 13.2 Å². The second-order valence-corrected chi connectivity index (χ2v) is 2.50. The molecule has 0 saturated carbocycles. The van der Waals surface area contributed by atoms with E-state index in [0.29, 0.717) is 12.8 Å². The molecular formula is C10H14O3. The molecule has 72 valence electrons. The number of carbonyl (C=O) groups excluding carboxylic acids is 2. The predicted octanol–water partition coefficient (Wildman–Crippen LogP) is 1.99. The molecule has 0 heterocycles. The fourth-order valence-corrected chi connectivity index (χ4v) is 0.669. The highest BCUT2D eigenvalue weighted by molar-refractivity contribution is 5.85. The molecule has 0 fully saturated rings. The Balaban J connectivity index is 3.58. The Morgan fingerprint density at radius 1 is 1.00 bits per heavy atom. The van der Waals surface area contributed by atoms with Crippen LogP contribution in [0, 0.1) is 0 Å². The van der Waals surface area contributed by atoms with Crippen LogP contribution in [-0.2, 0) is 14.3 Å². The van der Waals surface area contributed by atoms with Gasteiger partial charge in [0.1, 0.15) is 0 Å². The monoisotopic (exact) mass is 182 g/mol. The summed E-state index contributed by atoms with van der Waals surface area (Å²) in [6.07, 6.45) is 4.71. The highest BCUT2D eigenvalue weighted by Crippen LogP contribution is 1.98. The molecule has 0 atom stereocenters. The van der Waals surface area contributed by atoms with Crippen LogP contribution < -0.4 is 0 Å². The van der Waals surface area contributed by atoms with E-state index in [0.717, 1.165) is 0 Å². The first kappa shape index (κ1) is 11.6. The average molecular weight is 182 g/mol. The number of allylic oxidation sites excluding steroid dienone is 2. The van der Waals surface area contributed by atoms with Crippen molar-refractivity contribution in [2.75, 3.05) is 0 Å². The molecule has 0 amide bonds. The molecule has 0 aromatic rings. The van der Waals surface area contributed by atoms with Crippen molar-refractivity contribution in [1.29, 1.82) is 0 Å². The van der Waals surface area contributed by atoms with Gasteiger partial charge in [-0.2, -0.15) is 0 Å². The van der Waals surface area contributed by atoms with Gasteiger partial charge in [0.05, 0.1) is 0 Å². The van der Waals surface area contributed by atoms with Crippen LogP contribution in [0.1, 0.15) is 25.7 Å². The highest BCUT2D eigenvalue weighted by atomic mass is 16.6. The highest BCUT2D eigenvalue weighted by Gasteiger charge is 2.07. The van der Waals surface area contributed by atoms with Crippen LogP contribution in [0.2, 0.25) is 0 Å². The van der Waals surface area contributed by atoms with Crippen molar-refractivity contribution in [3.8, 4) is 0 Å². The van der Waals surface area contributed by atoms with E-state index in [1.807, 2.05) is 0 Å². The van der Waals surface area contributed by atoms with E-state index in [4.69, 9.17) is 0 Å². The number of carbonyl (C=O) groups is 2. The summed E-state index contributed by atoms with van der Waals surface area (Å²) in [6.45, 7) is 6.91. The Morgan fingerprint density at radius 3 is 1.69 bits per heavy atom. The maximum Gasteiger partial charge on any atom is 0.313 e. The average Bonchev–Trinajstić information content (AvgIpc) is 2.11. The number of hydrogen-bond acceptors (Lipinski definition) is 3. The van der Waals surface area contributed by atoms with Gasteiger partial charge in [-0.05, 0) is 12.8 Å². The van der Waals surface area contributed by atoms with Gasteiger partial charge in [-0.25, -0.2) is 0 Å². The first-order valence-electron chi connectivity index (χ1n) is 4.16. The van der Waals surface area contributed by atoms with Crippen molar-refractivity contribution in [2.45, 2.75) is 25.7 Å². The molecule has 0 radical (unpaired) electrons. The zero-order chi connectivity index (χ0) is 10.1. The normalized spacial score (nSPS) is 8.92. The van der Waals surface area contributed by atoms with E-state index in [1.54, 1.807) is 12.2 Å². The zero-order valence-electron chi connectivity index (χ0n) is 7.62. The number of hydrogen-bond donors (Lipinski definition) is 0. The Hall–Kier alpha value is -1.38. The maximum absolute atomic E-state index is 10.9. The third-order valence-electron chi connectivity index (χ3n) is 1.33. The van der Waals surface area contributed by atoms with Crippen molar-refractivity contribution in [1.82, 2.24) is 0 Å². The van der Waals surface area contributed by atoms with E-state index in [9.17, 15) is 9.59 Å². The van der Waals surface area contributed by atoms with Gasteiger partial charge >= 0.3 is 11.9 Å². The molecule has 0 aliphatic carbocycles. The fourth-order valence-electron chi connectivity index (χ4n) is 0.669. The summed E-state index contributed by atoms with van der Waals surface area (Å²) >= 11 is 0. The minimum Gasteiger partial charge on any atom is -0.393 e. The van der Waals surface area contributed by atoms with Crippen LogP contribution in [0.25, 0.3) is 0 Å². The minimum atomic E-state index is -0.492. The van der Waals surface area contributed by atoms with E-state index in [1.165, 1.54) is 0 Å². The molecule has 0 spiro atoms. The molecule has 0 unspecified atom stereocenters. The minimum absolute atomic E-state index is 0.212. The van der Waals surface area contributed by atoms with Gasteiger partial charge in [-0.1, -0.05) is 12.2 Å². The third kappa shape index (κ3) is 7.00. The lowest BCUT2D eigenvalue weighted by Crippen LogP contribution is -2.11. The SMILES string of the molecule is C=CCCC(=O)OC(=O)CCC=C. The van der Waals surface area contributed by atoms with Crippen molar-refractivity contribution in [2.24, 2.45) is 0 Å². The van der Waals surface area contributed by atoms with Crippen LogP contribution in [-0.4, -0.2) is 11.9 Å². The van der Waals surface area contributed by atoms with E-state index in [-0.39, 0.29) is 12.8 Å². The smallest absolute Gasteiger partial charge is 0.313 e. The largest absolute Gasteiger partial charge is 0.393 e. The second-order valence-electron chi connectivity index (χ2n) is 2.50. The van der Waals surface area contributed by atoms with Crippen molar-refractivity contribution in [3.63, 3.8) is 0 Å². The molecule has 0 aromatic carbocycles. The summed E-state index contributed by atoms with van der Waals surface area (Å²) in [5.74, 6) is -0.983. The van der Waals surface area contributed by atoms with Gasteiger partial charge in [0.2, 0.25) is 0 Å². The van der Waals surface area contributed by atoms with Gasteiger partial charge < -0.3 is 4.74 Å². The van der Waals surface area contributed by atoms with Gasteiger partial charge in [0.15, 0.2) is 0 Å². The summed E-state index contributed by atoms with van der Waals surface area (Å²) in [5.41, 5.74) is 0. The van der Waals surface area contributed by atoms with Crippen molar-refractivity contribution >= 4 is 11.9 Å². The lowest BCUT2D eigenvalue weighted by molar-refractivity contribution is -0.159. The third-order valence-corrected chi connectivity index (χ3v) is 1.33. The Bertz CT molecular complexity index is 184. The zero-order valence-corrected chi connectivity index (χ0v) is 7.62. The van der Waals surface area contributed by atoms with Crippen LogP contribution in [0.3, 0.4) is 0 Å². The topological polar surface area (TPSA) is 43.4 Å². The molecule has 0 N–H and O–H groups in total. The Morgan fingerprint density at radius 2 is 1.38 bits per heavy atom. The van der Waals surface area contributed by atoms with E-state index >= 15 is 0 Å². The maximum atomic E-state index is 10.9. The molecule has 0 bridgehead atoms. The summed E-state index contributed by atoms with van der Waals surface area (Å²) in [7, 11) is 0. The van der Waals surface area contributed by atoms with Crippen molar-refractivity contribution < 1.29 is 14.3 Å². The molecule has 0 aliphatic rings. The Labute approximate surface area is 78.1 Å². The predicted molar refractivity (Wildman–Crippen MR) is 50.0 cm³/mol. The van der Waals surface area contributed by atoms with Gasteiger partial charge in [0.25, 0.3) is 0 Å². The number of esters is 2. The van der Waals surface area contributed by atoms with E-state index < -0.39 is 11.9 Å². The number of rotatable bonds is 6. The van der Waals surface area contributed by atoms with Crippen LogP contribution in [0.4, 0.5) is 0 Å². The summed E-state index contributed by atoms with van der Waals surface area (Å²) in [4.78, 5) is 21.7. The first-order valence-corrected chi connectivity index (χ1v) is 4.16. The lowest BCUT2D eigenvalue weighted by atomic mass is 10.3. The summed E-state index contributed by atoms with van der Waals surface area (Å²) in [5, 5.41) is 0. The molecule has 3 nitrogen and oxygen atoms in total. The van der Waals surface area contributed by atoms with Gasteiger partial charge in [-0.3, -0.25) is 9.59 Å². The number of ether oxygens (including phenoxy) is 1. The van der Waals surface area contributed by atoms with Gasteiger partial charge in [0, 0.05) is 12.8 Å². The Kier molecular flexibility index (Phi) is 6.51.